The van der Waals surface area contributed by atoms with E-state index < -0.39 is 0 Å². The first-order valence-electron chi connectivity index (χ1n) is 12.9. The highest BCUT2D eigenvalue weighted by Crippen LogP contribution is 2.37. The van der Waals surface area contributed by atoms with Gasteiger partial charge in [0.1, 0.15) is 5.69 Å². The molecule has 0 spiro atoms. The van der Waals surface area contributed by atoms with Gasteiger partial charge in [-0.1, -0.05) is 95.8 Å². The lowest BCUT2D eigenvalue weighted by Gasteiger charge is -2.05. The van der Waals surface area contributed by atoms with Gasteiger partial charge in [0, 0.05) is 22.9 Å². The zero-order chi connectivity index (χ0) is 26.3. The summed E-state index contributed by atoms with van der Waals surface area (Å²) in [4.78, 5) is 4.99. The molecule has 4 aromatic carbocycles. The molecular weight excluding hydrogens is 498 g/mol. The summed E-state index contributed by atoms with van der Waals surface area (Å²) in [5.41, 5.74) is 10.2. The van der Waals surface area contributed by atoms with E-state index in [0.29, 0.717) is 0 Å². The molecule has 7 rings (SSSR count). The first-order chi connectivity index (χ1) is 19.1. The monoisotopic (exact) mass is 523 g/mol. The summed E-state index contributed by atoms with van der Waals surface area (Å²) >= 11 is 1.65. The number of rotatable bonds is 5. The molecule has 3 heterocycles. The number of hydrogen-bond acceptors (Lipinski definition) is 4. The molecule has 0 N–H and O–H groups in total. The minimum Gasteiger partial charge on any atom is -0.240 e. The molecule has 7 aromatic rings. The maximum atomic E-state index is 5.10. The van der Waals surface area contributed by atoms with E-state index >= 15 is 0 Å². The number of nitrogens with zero attached hydrogens (tertiary/aromatic N) is 5. The van der Waals surface area contributed by atoms with E-state index in [9.17, 15) is 0 Å². The van der Waals surface area contributed by atoms with Gasteiger partial charge in [-0.3, -0.25) is 0 Å². The molecule has 188 valence electrons. The molecule has 0 saturated heterocycles. The Hall–Kier alpha value is -4.81. The number of thiazole rings is 1. The minimum atomic E-state index is 0.829. The lowest BCUT2D eigenvalue weighted by atomic mass is 10.0. The molecule has 0 unspecified atom stereocenters. The highest BCUT2D eigenvalue weighted by Gasteiger charge is 2.22. The van der Waals surface area contributed by atoms with Crippen LogP contribution in [0.4, 0.5) is 0 Å². The summed E-state index contributed by atoms with van der Waals surface area (Å²) in [5.74, 6) is 0. The van der Waals surface area contributed by atoms with Crippen LogP contribution in [0.25, 0.3) is 54.8 Å². The molecule has 0 aliphatic rings. The SMILES string of the molecule is Cc1ccc(-c2nn(-c3ccccc3)cc2-c2cc(-c3ccccc3)nn2-c2nc3ccc(C)cc3s2)cc1. The van der Waals surface area contributed by atoms with Gasteiger partial charge in [0.2, 0.25) is 5.13 Å². The second kappa shape index (κ2) is 9.49. The third-order valence-corrected chi connectivity index (χ3v) is 7.82. The third kappa shape index (κ3) is 4.35. The van der Waals surface area contributed by atoms with Crippen LogP contribution >= 0.6 is 11.3 Å². The summed E-state index contributed by atoms with van der Waals surface area (Å²) in [6, 6.07) is 37.5. The topological polar surface area (TPSA) is 48.5 Å². The molecule has 0 amide bonds. The van der Waals surface area contributed by atoms with Crippen LogP contribution in [-0.4, -0.2) is 24.5 Å². The molecule has 0 aliphatic heterocycles. The van der Waals surface area contributed by atoms with Crippen molar-refractivity contribution in [2.75, 3.05) is 0 Å². The molecule has 3 aromatic heterocycles. The summed E-state index contributed by atoms with van der Waals surface area (Å²) < 4.78 is 5.07. The Morgan fingerprint density at radius 3 is 2.15 bits per heavy atom. The average Bonchev–Trinajstić information content (AvgIpc) is 3.71. The largest absolute Gasteiger partial charge is 0.240 e. The second-order valence-corrected chi connectivity index (χ2v) is 10.7. The van der Waals surface area contributed by atoms with Gasteiger partial charge in [0.15, 0.2) is 0 Å². The molecule has 0 saturated carbocycles. The number of aryl methyl sites for hydroxylation is 2. The first kappa shape index (κ1) is 23.3. The Bertz CT molecular complexity index is 1910. The van der Waals surface area contributed by atoms with E-state index in [1.807, 2.05) is 45.8 Å². The van der Waals surface area contributed by atoms with Crippen LogP contribution in [0.1, 0.15) is 11.1 Å². The van der Waals surface area contributed by atoms with E-state index in [4.69, 9.17) is 15.2 Å². The van der Waals surface area contributed by atoms with Gasteiger partial charge < -0.3 is 0 Å². The Labute approximate surface area is 230 Å². The van der Waals surface area contributed by atoms with Crippen molar-refractivity contribution in [3.8, 4) is 44.6 Å². The van der Waals surface area contributed by atoms with Gasteiger partial charge in [-0.25, -0.2) is 14.3 Å². The van der Waals surface area contributed by atoms with Crippen LogP contribution in [-0.2, 0) is 0 Å². The number of para-hydroxylation sites is 1. The molecule has 39 heavy (non-hydrogen) atoms. The second-order valence-electron chi connectivity index (χ2n) is 9.70. The standard InChI is InChI=1S/C33H25N5S/c1-22-13-16-25(17-14-22)32-27(21-37(36-32)26-11-7-4-8-12-26)30-20-29(24-9-5-3-6-10-24)35-38(30)33-34-28-18-15-23(2)19-31(28)39-33/h3-21H,1-2H3. The summed E-state index contributed by atoms with van der Waals surface area (Å²) in [6.45, 7) is 4.21. The lowest BCUT2D eigenvalue weighted by molar-refractivity contribution is 0.879. The summed E-state index contributed by atoms with van der Waals surface area (Å²) in [7, 11) is 0. The van der Waals surface area contributed by atoms with Crippen LogP contribution in [0.2, 0.25) is 0 Å². The Kier molecular flexibility index (Phi) is 5.68. The van der Waals surface area contributed by atoms with Crippen molar-refractivity contribution in [1.82, 2.24) is 24.5 Å². The fourth-order valence-electron chi connectivity index (χ4n) is 4.78. The third-order valence-electron chi connectivity index (χ3n) is 6.83. The van der Waals surface area contributed by atoms with Crippen molar-refractivity contribution in [1.29, 1.82) is 0 Å². The fraction of sp³-hybridized carbons (Fsp3) is 0.0606. The van der Waals surface area contributed by atoms with Crippen molar-refractivity contribution < 1.29 is 0 Å². The average molecular weight is 524 g/mol. The molecule has 0 atom stereocenters. The highest BCUT2D eigenvalue weighted by atomic mass is 32.1. The molecule has 6 heteroatoms. The normalized spacial score (nSPS) is 11.3. The molecule has 0 fully saturated rings. The maximum absolute atomic E-state index is 5.10. The number of benzene rings is 4. The zero-order valence-electron chi connectivity index (χ0n) is 21.6. The van der Waals surface area contributed by atoms with Crippen molar-refractivity contribution in [2.24, 2.45) is 0 Å². The van der Waals surface area contributed by atoms with Gasteiger partial charge in [-0.2, -0.15) is 10.2 Å². The smallest absolute Gasteiger partial charge is 0.212 e. The van der Waals surface area contributed by atoms with E-state index in [0.717, 1.165) is 54.8 Å². The van der Waals surface area contributed by atoms with Gasteiger partial charge in [0.05, 0.1) is 27.3 Å². The van der Waals surface area contributed by atoms with Gasteiger partial charge >= 0.3 is 0 Å². The number of aromatic nitrogens is 5. The Balaban J connectivity index is 1.48. The van der Waals surface area contributed by atoms with E-state index in [-0.39, 0.29) is 0 Å². The van der Waals surface area contributed by atoms with Crippen LogP contribution < -0.4 is 0 Å². The zero-order valence-corrected chi connectivity index (χ0v) is 22.4. The molecule has 5 nitrogen and oxygen atoms in total. The van der Waals surface area contributed by atoms with E-state index in [1.165, 1.54) is 11.1 Å². The van der Waals surface area contributed by atoms with Crippen molar-refractivity contribution in [3.63, 3.8) is 0 Å². The Morgan fingerprint density at radius 2 is 1.38 bits per heavy atom. The van der Waals surface area contributed by atoms with E-state index in [2.05, 4.69) is 92.8 Å². The summed E-state index contributed by atoms with van der Waals surface area (Å²) in [6.07, 6.45) is 2.10. The predicted molar refractivity (Wildman–Crippen MR) is 160 cm³/mol. The minimum absolute atomic E-state index is 0.829. The number of fused-ring (bicyclic) bond motifs is 1. The van der Waals surface area contributed by atoms with Gasteiger partial charge in [0.25, 0.3) is 0 Å². The molecule has 0 aliphatic carbocycles. The fourth-order valence-corrected chi connectivity index (χ4v) is 5.81. The van der Waals surface area contributed by atoms with Crippen molar-refractivity contribution in [3.05, 3.63) is 127 Å². The molecule has 0 bridgehead atoms. The first-order valence-corrected chi connectivity index (χ1v) is 13.7. The molecular formula is C33H25N5S. The Morgan fingerprint density at radius 1 is 0.667 bits per heavy atom. The summed E-state index contributed by atoms with van der Waals surface area (Å²) in [5, 5.41) is 11.0. The number of hydrogen-bond donors (Lipinski definition) is 0. The van der Waals surface area contributed by atoms with Crippen LogP contribution in [0.3, 0.4) is 0 Å². The lowest BCUT2D eigenvalue weighted by Crippen LogP contribution is -1.99. The van der Waals surface area contributed by atoms with Crippen LogP contribution in [0.15, 0.2) is 115 Å². The van der Waals surface area contributed by atoms with Crippen LogP contribution in [0, 0.1) is 13.8 Å². The molecule has 0 radical (unpaired) electrons. The van der Waals surface area contributed by atoms with Crippen molar-refractivity contribution in [2.45, 2.75) is 13.8 Å². The van der Waals surface area contributed by atoms with Crippen LogP contribution in [0.5, 0.6) is 0 Å². The van der Waals surface area contributed by atoms with Gasteiger partial charge in [-0.05, 0) is 49.7 Å². The highest BCUT2D eigenvalue weighted by molar-refractivity contribution is 7.20. The van der Waals surface area contributed by atoms with Crippen molar-refractivity contribution >= 4 is 21.6 Å². The van der Waals surface area contributed by atoms with E-state index in [1.54, 1.807) is 11.3 Å². The predicted octanol–water partition coefficient (Wildman–Crippen LogP) is 8.29. The quantitative estimate of drug-likeness (QED) is 0.228. The van der Waals surface area contributed by atoms with Gasteiger partial charge in [-0.15, -0.1) is 0 Å². The maximum Gasteiger partial charge on any atom is 0.212 e.